The Morgan fingerprint density at radius 2 is 1.12 bits per heavy atom. The molecular weight excluding hydrogens is 837 g/mol. The number of fused-ring (bicyclic) bond motifs is 1. The molecule has 356 valence electrons. The highest BCUT2D eigenvalue weighted by molar-refractivity contribution is 5.98. The summed E-state index contributed by atoms with van der Waals surface area (Å²) in [6, 6.07) is 7.13. The number of carbonyl (C=O) groups is 8. The predicted molar refractivity (Wildman–Crippen MR) is 245 cm³/mol. The topological polar surface area (TPSA) is 309 Å². The van der Waals surface area contributed by atoms with E-state index in [1.807, 2.05) is 38.1 Å². The number of H-pyrrole nitrogens is 1. The standard InChI is InChI=1S/C46H68N10O9/c1-25(2)21-35(55-43(61)37(53-39(57)27(5)48)23-31-24-49-33-18-12-11-17-32(31)33)44(62)56-38(26(3)4)45(63)52-34(19-13-14-20-47)41(59)50-28(6)40(58)54-36(22-30-15-9-8-10-16-30)42(60)51-29(7)46(64)65/h8-12,15-18,24-29,34-38,49H,13-14,19-23,47-48H2,1-7H3,(H,50,59)(H,51,60)(H,52,63)(H,53,57)(H,54,58)(H,55,61)(H,56,62)(H,64,65). The molecule has 19 nitrogen and oxygen atoms in total. The lowest BCUT2D eigenvalue weighted by atomic mass is 9.98. The van der Waals surface area contributed by atoms with E-state index in [4.69, 9.17) is 11.5 Å². The minimum absolute atomic E-state index is 0.0307. The van der Waals surface area contributed by atoms with Crippen LogP contribution in [0.15, 0.2) is 60.8 Å². The average molecular weight is 905 g/mol. The van der Waals surface area contributed by atoms with Crippen LogP contribution in [0.25, 0.3) is 10.9 Å². The van der Waals surface area contributed by atoms with Gasteiger partial charge in [-0.3, -0.25) is 38.4 Å². The van der Waals surface area contributed by atoms with Gasteiger partial charge in [-0.15, -0.1) is 0 Å². The SMILES string of the molecule is CC(C)CC(NC(=O)C(Cc1c[nH]c2ccccc12)NC(=O)C(C)N)C(=O)NC(C(=O)NC(CCCCN)C(=O)NC(C)C(=O)NC(Cc1ccccc1)C(=O)NC(C)C(=O)O)C(C)C. The highest BCUT2D eigenvalue weighted by atomic mass is 16.4. The highest BCUT2D eigenvalue weighted by Gasteiger charge is 2.34. The van der Waals surface area contributed by atoms with Crippen molar-refractivity contribution in [2.45, 2.75) is 135 Å². The van der Waals surface area contributed by atoms with Crippen LogP contribution >= 0.6 is 0 Å². The van der Waals surface area contributed by atoms with E-state index in [9.17, 15) is 43.5 Å². The molecule has 8 atom stereocenters. The van der Waals surface area contributed by atoms with Crippen LogP contribution in [-0.4, -0.2) is 112 Å². The van der Waals surface area contributed by atoms with E-state index >= 15 is 0 Å². The van der Waals surface area contributed by atoms with E-state index < -0.39 is 102 Å². The van der Waals surface area contributed by atoms with E-state index in [0.717, 1.165) is 16.5 Å². The van der Waals surface area contributed by atoms with Gasteiger partial charge in [0.25, 0.3) is 0 Å². The number of unbranched alkanes of at least 4 members (excludes halogenated alkanes) is 1. The van der Waals surface area contributed by atoms with Crippen molar-refractivity contribution < 1.29 is 43.5 Å². The van der Waals surface area contributed by atoms with Gasteiger partial charge in [-0.05, 0) is 82.0 Å². The number of benzene rings is 2. The van der Waals surface area contributed by atoms with E-state index in [-0.39, 0.29) is 31.6 Å². The molecule has 0 saturated carbocycles. The van der Waals surface area contributed by atoms with Gasteiger partial charge in [0.15, 0.2) is 0 Å². The van der Waals surface area contributed by atoms with Crippen molar-refractivity contribution >= 4 is 58.2 Å². The average Bonchev–Trinajstić information content (AvgIpc) is 3.66. The Bertz CT molecular complexity index is 2090. The van der Waals surface area contributed by atoms with Crippen LogP contribution in [-0.2, 0) is 51.2 Å². The fourth-order valence-corrected chi connectivity index (χ4v) is 6.93. The summed E-state index contributed by atoms with van der Waals surface area (Å²) in [6.45, 7) is 11.6. The molecule has 0 aliphatic rings. The molecule has 0 aliphatic heterocycles. The zero-order chi connectivity index (χ0) is 48.4. The van der Waals surface area contributed by atoms with Gasteiger partial charge in [0.1, 0.15) is 42.3 Å². The zero-order valence-electron chi connectivity index (χ0n) is 38.4. The maximum absolute atomic E-state index is 14.1. The molecule has 13 N–H and O–H groups in total. The third-order valence-corrected chi connectivity index (χ3v) is 10.7. The third kappa shape index (κ3) is 16.9. The number of nitrogens with two attached hydrogens (primary N) is 2. The lowest BCUT2D eigenvalue weighted by molar-refractivity contribution is -0.141. The summed E-state index contributed by atoms with van der Waals surface area (Å²) in [6.07, 6.45) is 3.13. The lowest BCUT2D eigenvalue weighted by Crippen LogP contribution is -2.61. The van der Waals surface area contributed by atoms with Gasteiger partial charge < -0.3 is 58.8 Å². The number of para-hydroxylation sites is 1. The molecule has 1 aromatic heterocycles. The molecule has 0 radical (unpaired) electrons. The second-order valence-corrected chi connectivity index (χ2v) is 17.2. The number of aliphatic carboxylic acids is 1. The molecule has 3 aromatic rings. The van der Waals surface area contributed by atoms with Crippen LogP contribution in [0.1, 0.15) is 85.3 Å². The van der Waals surface area contributed by atoms with Gasteiger partial charge in [0.2, 0.25) is 41.4 Å². The summed E-state index contributed by atoms with van der Waals surface area (Å²) in [4.78, 5) is 110. The molecule has 7 amide bonds. The Balaban J connectivity index is 1.78. The summed E-state index contributed by atoms with van der Waals surface area (Å²) in [7, 11) is 0. The zero-order valence-corrected chi connectivity index (χ0v) is 38.4. The number of carbonyl (C=O) groups excluding carboxylic acids is 7. The number of hydrogen-bond donors (Lipinski definition) is 11. The first-order valence-electron chi connectivity index (χ1n) is 22.1. The number of hydrogen-bond acceptors (Lipinski definition) is 10. The van der Waals surface area contributed by atoms with Crippen molar-refractivity contribution in [2.24, 2.45) is 23.3 Å². The van der Waals surface area contributed by atoms with Crippen LogP contribution in [0.3, 0.4) is 0 Å². The number of nitrogens with one attached hydrogen (secondary N) is 8. The minimum Gasteiger partial charge on any atom is -0.480 e. The number of amides is 7. The van der Waals surface area contributed by atoms with Gasteiger partial charge >= 0.3 is 5.97 Å². The van der Waals surface area contributed by atoms with Gasteiger partial charge in [-0.25, -0.2) is 0 Å². The molecule has 19 heteroatoms. The number of carboxylic acids is 1. The molecule has 1 heterocycles. The smallest absolute Gasteiger partial charge is 0.325 e. The first-order chi connectivity index (χ1) is 30.7. The predicted octanol–water partition coefficient (Wildman–Crippen LogP) is 0.649. The molecule has 0 fully saturated rings. The molecule has 0 aliphatic carbocycles. The first-order valence-corrected chi connectivity index (χ1v) is 22.1. The minimum atomic E-state index is -1.26. The molecule has 0 bridgehead atoms. The van der Waals surface area contributed by atoms with Crippen LogP contribution in [0, 0.1) is 11.8 Å². The molecule has 2 aromatic carbocycles. The van der Waals surface area contributed by atoms with Gasteiger partial charge in [-0.1, -0.05) is 76.2 Å². The van der Waals surface area contributed by atoms with Crippen molar-refractivity contribution in [1.29, 1.82) is 0 Å². The van der Waals surface area contributed by atoms with Gasteiger partial charge in [0, 0.05) is 29.9 Å². The maximum atomic E-state index is 14.1. The van der Waals surface area contributed by atoms with E-state index in [1.165, 1.54) is 20.8 Å². The normalized spacial score (nSPS) is 15.0. The third-order valence-electron chi connectivity index (χ3n) is 10.7. The van der Waals surface area contributed by atoms with Gasteiger partial charge in [-0.2, -0.15) is 0 Å². The van der Waals surface area contributed by atoms with Crippen LogP contribution in [0.2, 0.25) is 0 Å². The van der Waals surface area contributed by atoms with Crippen molar-refractivity contribution in [2.75, 3.05) is 6.54 Å². The molecule has 0 spiro atoms. The largest absolute Gasteiger partial charge is 0.480 e. The Kier molecular flexibility index (Phi) is 21.1. The maximum Gasteiger partial charge on any atom is 0.325 e. The molecule has 3 rings (SSSR count). The van der Waals surface area contributed by atoms with Crippen molar-refractivity contribution in [1.82, 2.24) is 42.2 Å². The van der Waals surface area contributed by atoms with E-state index in [1.54, 1.807) is 50.4 Å². The van der Waals surface area contributed by atoms with Crippen molar-refractivity contribution in [3.05, 3.63) is 71.9 Å². The summed E-state index contributed by atoms with van der Waals surface area (Å²) in [5.41, 5.74) is 13.9. The Hall–Kier alpha value is -6.34. The van der Waals surface area contributed by atoms with Crippen LogP contribution < -0.4 is 48.7 Å². The molecule has 0 saturated heterocycles. The summed E-state index contributed by atoms with van der Waals surface area (Å²) in [5, 5.41) is 28.8. The summed E-state index contributed by atoms with van der Waals surface area (Å²) < 4.78 is 0. The van der Waals surface area contributed by atoms with Crippen molar-refractivity contribution in [3.63, 3.8) is 0 Å². The van der Waals surface area contributed by atoms with E-state index in [0.29, 0.717) is 24.9 Å². The number of rotatable bonds is 26. The van der Waals surface area contributed by atoms with Crippen LogP contribution in [0.4, 0.5) is 0 Å². The molecule has 8 unspecified atom stereocenters. The fraction of sp³-hybridized carbons (Fsp3) is 0.522. The molecular formula is C46H68N10O9. The number of aromatic nitrogens is 1. The highest BCUT2D eigenvalue weighted by Crippen LogP contribution is 2.20. The Labute approximate surface area is 380 Å². The van der Waals surface area contributed by atoms with Crippen LogP contribution in [0.5, 0.6) is 0 Å². The number of aromatic amines is 1. The number of carboxylic acid groups (broad SMARTS) is 1. The summed E-state index contributed by atoms with van der Waals surface area (Å²) in [5.74, 6) is -6.59. The Morgan fingerprint density at radius 3 is 1.74 bits per heavy atom. The second kappa shape index (κ2) is 25.8. The quantitative estimate of drug-likeness (QED) is 0.0497. The fourth-order valence-electron chi connectivity index (χ4n) is 6.93. The monoisotopic (exact) mass is 905 g/mol. The lowest BCUT2D eigenvalue weighted by Gasteiger charge is -2.29. The molecule has 65 heavy (non-hydrogen) atoms. The van der Waals surface area contributed by atoms with Crippen molar-refractivity contribution in [3.8, 4) is 0 Å². The Morgan fingerprint density at radius 1 is 0.585 bits per heavy atom. The van der Waals surface area contributed by atoms with E-state index in [2.05, 4.69) is 42.2 Å². The first kappa shape index (κ1) is 53.0. The summed E-state index contributed by atoms with van der Waals surface area (Å²) >= 11 is 0. The second-order valence-electron chi connectivity index (χ2n) is 17.2. The van der Waals surface area contributed by atoms with Gasteiger partial charge in [0.05, 0.1) is 6.04 Å².